The molecule has 2 rings (SSSR count). The second-order valence-electron chi connectivity index (χ2n) is 4.07. The number of rotatable bonds is 5. The van der Waals surface area contributed by atoms with Gasteiger partial charge in [-0.05, 0) is 23.9 Å². The molecule has 2 heterocycles. The van der Waals surface area contributed by atoms with Crippen LogP contribution in [0.5, 0.6) is 0 Å². The van der Waals surface area contributed by atoms with Gasteiger partial charge in [-0.3, -0.25) is 0 Å². The molecule has 0 amide bonds. The zero-order valence-electron chi connectivity index (χ0n) is 10.3. The molecule has 17 heavy (non-hydrogen) atoms. The minimum Gasteiger partial charge on any atom is -0.376 e. The summed E-state index contributed by atoms with van der Waals surface area (Å²) < 4.78 is 12.7. The predicted octanol–water partition coefficient (Wildman–Crippen LogP) is -0.241. The summed E-state index contributed by atoms with van der Waals surface area (Å²) in [4.78, 5) is 0. The first kappa shape index (κ1) is 12.4. The monoisotopic (exact) mass is 241 g/mol. The van der Waals surface area contributed by atoms with Crippen LogP contribution in [-0.2, 0) is 16.0 Å². The minimum atomic E-state index is 0.0415. The van der Waals surface area contributed by atoms with Gasteiger partial charge in [0.2, 0.25) is 0 Å². The average Bonchev–Trinajstić information content (AvgIpc) is 2.79. The molecule has 7 heteroatoms. The van der Waals surface area contributed by atoms with Crippen molar-refractivity contribution in [3.8, 4) is 0 Å². The summed E-state index contributed by atoms with van der Waals surface area (Å²) in [5.74, 6) is 0.834. The summed E-state index contributed by atoms with van der Waals surface area (Å²) in [5, 5.41) is 15.0. The van der Waals surface area contributed by atoms with E-state index in [1.54, 1.807) is 4.68 Å². The van der Waals surface area contributed by atoms with E-state index < -0.39 is 0 Å². The number of nitrogens with zero attached hydrogens (tertiary/aromatic N) is 4. The molecule has 7 nitrogen and oxygen atoms in total. The molecule has 1 aliphatic rings. The standard InChI is InChI=1S/C10H19N5O2/c1-3-11-8(2)10-12-13-14-15(10)6-9-7-16-4-5-17-9/h8-9,11H,3-7H2,1-2H3. The summed E-state index contributed by atoms with van der Waals surface area (Å²) >= 11 is 0. The first-order chi connectivity index (χ1) is 8.31. The molecule has 2 atom stereocenters. The fourth-order valence-electron chi connectivity index (χ4n) is 1.88. The van der Waals surface area contributed by atoms with Crippen LogP contribution in [0, 0.1) is 0 Å². The normalized spacial score (nSPS) is 22.6. The Labute approximate surface area is 100 Å². The van der Waals surface area contributed by atoms with Crippen molar-refractivity contribution >= 4 is 0 Å². The van der Waals surface area contributed by atoms with Gasteiger partial charge in [-0.1, -0.05) is 6.92 Å². The van der Waals surface area contributed by atoms with Gasteiger partial charge in [-0.25, -0.2) is 4.68 Å². The molecule has 1 fully saturated rings. The van der Waals surface area contributed by atoms with Gasteiger partial charge < -0.3 is 14.8 Å². The molecule has 0 radical (unpaired) electrons. The number of tetrazole rings is 1. The first-order valence-corrected chi connectivity index (χ1v) is 6.00. The Morgan fingerprint density at radius 3 is 3.12 bits per heavy atom. The maximum Gasteiger partial charge on any atom is 0.168 e. The predicted molar refractivity (Wildman–Crippen MR) is 60.5 cm³/mol. The molecule has 0 bridgehead atoms. The lowest BCUT2D eigenvalue weighted by atomic mass is 10.3. The van der Waals surface area contributed by atoms with Gasteiger partial charge in [-0.15, -0.1) is 5.10 Å². The van der Waals surface area contributed by atoms with E-state index in [0.29, 0.717) is 26.4 Å². The number of aromatic nitrogens is 4. The van der Waals surface area contributed by atoms with Gasteiger partial charge in [0.15, 0.2) is 5.82 Å². The zero-order valence-corrected chi connectivity index (χ0v) is 10.3. The number of hydrogen-bond donors (Lipinski definition) is 1. The lowest BCUT2D eigenvalue weighted by Crippen LogP contribution is -2.34. The largest absolute Gasteiger partial charge is 0.376 e. The Balaban J connectivity index is 1.97. The van der Waals surface area contributed by atoms with E-state index in [2.05, 4.69) is 27.8 Å². The molecule has 2 unspecified atom stereocenters. The van der Waals surface area contributed by atoms with Crippen LogP contribution in [-0.4, -0.2) is 52.7 Å². The zero-order chi connectivity index (χ0) is 12.1. The highest BCUT2D eigenvalue weighted by atomic mass is 16.6. The Bertz CT molecular complexity index is 337. The molecule has 1 aromatic rings. The third-order valence-corrected chi connectivity index (χ3v) is 2.72. The lowest BCUT2D eigenvalue weighted by Gasteiger charge is -2.23. The Kier molecular flexibility index (Phi) is 4.41. The SMILES string of the molecule is CCNC(C)c1nnnn1CC1COCCO1. The van der Waals surface area contributed by atoms with Gasteiger partial charge in [0, 0.05) is 0 Å². The van der Waals surface area contributed by atoms with Gasteiger partial charge in [-0.2, -0.15) is 0 Å². The van der Waals surface area contributed by atoms with Crippen molar-refractivity contribution < 1.29 is 9.47 Å². The third kappa shape index (κ3) is 3.21. The molecule has 0 aliphatic carbocycles. The molecule has 1 aromatic heterocycles. The highest BCUT2D eigenvalue weighted by Crippen LogP contribution is 2.10. The van der Waals surface area contributed by atoms with E-state index in [4.69, 9.17) is 9.47 Å². The van der Waals surface area contributed by atoms with Crippen molar-refractivity contribution in [1.82, 2.24) is 25.5 Å². The molecular formula is C10H19N5O2. The molecule has 0 aromatic carbocycles. The summed E-state index contributed by atoms with van der Waals surface area (Å²) in [6, 6.07) is 0.138. The van der Waals surface area contributed by atoms with Gasteiger partial charge in [0.05, 0.1) is 32.4 Å². The van der Waals surface area contributed by atoms with Crippen molar-refractivity contribution in [3.05, 3.63) is 5.82 Å². The van der Waals surface area contributed by atoms with E-state index in [1.165, 1.54) is 0 Å². The fraction of sp³-hybridized carbons (Fsp3) is 0.900. The van der Waals surface area contributed by atoms with Crippen LogP contribution >= 0.6 is 0 Å². The van der Waals surface area contributed by atoms with Crippen LogP contribution in [0.3, 0.4) is 0 Å². The minimum absolute atomic E-state index is 0.0415. The smallest absolute Gasteiger partial charge is 0.168 e. The van der Waals surface area contributed by atoms with Crippen LogP contribution in [0.4, 0.5) is 0 Å². The molecule has 96 valence electrons. The third-order valence-electron chi connectivity index (χ3n) is 2.72. The van der Waals surface area contributed by atoms with Crippen molar-refractivity contribution in [2.24, 2.45) is 0 Å². The summed E-state index contributed by atoms with van der Waals surface area (Å²) in [7, 11) is 0. The van der Waals surface area contributed by atoms with E-state index in [0.717, 1.165) is 12.4 Å². The van der Waals surface area contributed by atoms with Gasteiger partial charge >= 0.3 is 0 Å². The molecule has 0 spiro atoms. The highest BCUT2D eigenvalue weighted by Gasteiger charge is 2.19. The van der Waals surface area contributed by atoms with E-state index >= 15 is 0 Å². The number of hydrogen-bond acceptors (Lipinski definition) is 6. The van der Waals surface area contributed by atoms with Crippen molar-refractivity contribution in [2.75, 3.05) is 26.4 Å². The molecule has 1 N–H and O–H groups in total. The number of ether oxygens (including phenoxy) is 2. The van der Waals surface area contributed by atoms with Crippen molar-refractivity contribution in [1.29, 1.82) is 0 Å². The second kappa shape index (κ2) is 6.04. The topological polar surface area (TPSA) is 74.1 Å². The fourth-order valence-corrected chi connectivity index (χ4v) is 1.88. The summed E-state index contributed by atoms with van der Waals surface area (Å²) in [5.41, 5.74) is 0. The molecule has 0 saturated carbocycles. The van der Waals surface area contributed by atoms with E-state index in [1.807, 2.05) is 6.92 Å². The van der Waals surface area contributed by atoms with Crippen LogP contribution in [0.2, 0.25) is 0 Å². The second-order valence-corrected chi connectivity index (χ2v) is 4.07. The van der Waals surface area contributed by atoms with Gasteiger partial charge in [0.25, 0.3) is 0 Å². The van der Waals surface area contributed by atoms with E-state index in [9.17, 15) is 0 Å². The van der Waals surface area contributed by atoms with Gasteiger partial charge in [0.1, 0.15) is 6.10 Å². The van der Waals surface area contributed by atoms with Crippen LogP contribution < -0.4 is 5.32 Å². The van der Waals surface area contributed by atoms with Crippen LogP contribution in [0.1, 0.15) is 25.7 Å². The Morgan fingerprint density at radius 1 is 1.53 bits per heavy atom. The molecule has 1 aliphatic heterocycles. The Morgan fingerprint density at radius 2 is 2.41 bits per heavy atom. The van der Waals surface area contributed by atoms with Crippen molar-refractivity contribution in [2.45, 2.75) is 32.5 Å². The molecule has 1 saturated heterocycles. The average molecular weight is 241 g/mol. The maximum atomic E-state index is 5.58. The van der Waals surface area contributed by atoms with E-state index in [-0.39, 0.29) is 12.1 Å². The quantitative estimate of drug-likeness (QED) is 0.767. The lowest BCUT2D eigenvalue weighted by molar-refractivity contribution is -0.0951. The summed E-state index contributed by atoms with van der Waals surface area (Å²) in [6.45, 7) is 7.55. The first-order valence-electron chi connectivity index (χ1n) is 6.00. The molecular weight excluding hydrogens is 222 g/mol. The van der Waals surface area contributed by atoms with Crippen LogP contribution in [0.25, 0.3) is 0 Å². The van der Waals surface area contributed by atoms with Crippen LogP contribution in [0.15, 0.2) is 0 Å². The maximum absolute atomic E-state index is 5.58. The van der Waals surface area contributed by atoms with Crippen molar-refractivity contribution in [3.63, 3.8) is 0 Å². The summed E-state index contributed by atoms with van der Waals surface area (Å²) in [6.07, 6.45) is 0.0415. The highest BCUT2D eigenvalue weighted by molar-refractivity contribution is 4.90. The number of nitrogens with one attached hydrogen (secondary N) is 1. The Hall–Kier alpha value is -1.05.